The van der Waals surface area contributed by atoms with Crippen molar-refractivity contribution in [3.05, 3.63) is 40.5 Å². The summed E-state index contributed by atoms with van der Waals surface area (Å²) in [6, 6.07) is 2.25. The van der Waals surface area contributed by atoms with Gasteiger partial charge in [0.05, 0.1) is 11.4 Å². The molecule has 8 nitrogen and oxygen atoms in total. The first kappa shape index (κ1) is 22.2. The topological polar surface area (TPSA) is 115 Å². The summed E-state index contributed by atoms with van der Waals surface area (Å²) in [7, 11) is -3.41. The number of nitrogens with zero attached hydrogens (tertiary/aromatic N) is 3. The molecule has 0 bridgehead atoms. The summed E-state index contributed by atoms with van der Waals surface area (Å²) in [5, 5.41) is 18.1. The molecule has 1 unspecified atom stereocenters. The van der Waals surface area contributed by atoms with E-state index in [1.807, 2.05) is 0 Å². The number of amides is 1. The molecule has 3 aliphatic rings. The molecule has 178 valence electrons. The van der Waals surface area contributed by atoms with Gasteiger partial charge in [0.15, 0.2) is 6.20 Å². The lowest BCUT2D eigenvalue weighted by Gasteiger charge is -2.36. The molecular weight excluding hydrogens is 459 g/mol. The highest BCUT2D eigenvalue weighted by molar-refractivity contribution is 7.91. The van der Waals surface area contributed by atoms with Crippen LogP contribution in [0.5, 0.6) is 0 Å². The molecule has 5 rings (SSSR count). The van der Waals surface area contributed by atoms with Crippen LogP contribution in [0.15, 0.2) is 23.4 Å². The summed E-state index contributed by atoms with van der Waals surface area (Å²) in [6.45, 7) is 0.246. The number of halogens is 3. The number of aromatic nitrogens is 3. The second-order valence-corrected chi connectivity index (χ2v) is 11.8. The fraction of sp³-hybridized carbons (Fsp3) is 0.571. The van der Waals surface area contributed by atoms with E-state index < -0.39 is 38.1 Å². The first-order valence-electron chi connectivity index (χ1n) is 10.8. The number of hydrogen-bond donors (Lipinski definition) is 2. The van der Waals surface area contributed by atoms with Crippen LogP contribution in [0.2, 0.25) is 0 Å². The number of rotatable bonds is 6. The van der Waals surface area contributed by atoms with Crippen LogP contribution < -0.4 is 10.0 Å². The van der Waals surface area contributed by atoms with Crippen molar-refractivity contribution in [3.63, 3.8) is 0 Å². The number of alkyl halides is 3. The van der Waals surface area contributed by atoms with Crippen LogP contribution in [-0.4, -0.2) is 26.2 Å². The molecule has 1 spiro atoms. The van der Waals surface area contributed by atoms with Crippen LogP contribution in [0.3, 0.4) is 0 Å². The van der Waals surface area contributed by atoms with Crippen molar-refractivity contribution in [3.8, 4) is 0 Å². The molecule has 1 atom stereocenters. The highest BCUT2D eigenvalue weighted by atomic mass is 32.2. The Kier molecular flexibility index (Phi) is 4.83. The highest BCUT2D eigenvalue weighted by Gasteiger charge is 2.53. The van der Waals surface area contributed by atoms with Gasteiger partial charge in [0, 0.05) is 30.9 Å². The van der Waals surface area contributed by atoms with Crippen molar-refractivity contribution < 1.29 is 26.9 Å². The maximum Gasteiger partial charge on any atom is 0.420 e. The average Bonchev–Trinajstić information content (AvgIpc) is 3.58. The van der Waals surface area contributed by atoms with Gasteiger partial charge in [-0.2, -0.15) is 23.0 Å². The van der Waals surface area contributed by atoms with Crippen molar-refractivity contribution >= 4 is 21.3 Å². The second-order valence-electron chi connectivity index (χ2n) is 9.71. The molecule has 12 heteroatoms. The molecule has 3 aliphatic carbocycles. The highest BCUT2D eigenvalue weighted by Crippen LogP contribution is 2.63. The third-order valence-corrected chi connectivity index (χ3v) is 7.91. The van der Waals surface area contributed by atoms with E-state index in [2.05, 4.69) is 10.4 Å². The quantitative estimate of drug-likeness (QED) is 0.479. The van der Waals surface area contributed by atoms with Gasteiger partial charge in [-0.3, -0.25) is 9.48 Å². The maximum atomic E-state index is 14.1. The zero-order valence-electron chi connectivity index (χ0n) is 17.9. The van der Waals surface area contributed by atoms with Gasteiger partial charge in [0.2, 0.25) is 0 Å². The van der Waals surface area contributed by atoms with E-state index in [0.717, 1.165) is 44.2 Å². The first-order chi connectivity index (χ1) is 15.4. The monoisotopic (exact) mass is 483 g/mol. The van der Waals surface area contributed by atoms with Crippen LogP contribution in [0.1, 0.15) is 66.2 Å². The Morgan fingerprint density at radius 1 is 1.39 bits per heavy atom. The average molecular weight is 484 g/mol. The van der Waals surface area contributed by atoms with Gasteiger partial charge in [-0.15, -0.1) is 0 Å². The minimum absolute atomic E-state index is 0.0154. The Morgan fingerprint density at radius 2 is 2.06 bits per heavy atom. The predicted octanol–water partition coefficient (Wildman–Crippen LogP) is 3.89. The lowest BCUT2D eigenvalue weighted by molar-refractivity contribution is -0.646. The second kappa shape index (κ2) is 7.18. The summed E-state index contributed by atoms with van der Waals surface area (Å²) < 4.78 is 63.4. The Balaban J connectivity index is 1.50. The van der Waals surface area contributed by atoms with Crippen LogP contribution in [0, 0.1) is 21.3 Å². The number of anilines is 1. The van der Waals surface area contributed by atoms with Gasteiger partial charge in [-0.25, -0.2) is 8.99 Å². The van der Waals surface area contributed by atoms with Crippen LogP contribution in [-0.2, 0) is 22.5 Å². The van der Waals surface area contributed by atoms with Gasteiger partial charge in [0.1, 0.15) is 21.0 Å². The summed E-state index contributed by atoms with van der Waals surface area (Å²) in [4.78, 5) is 13.2. The molecule has 2 heterocycles. The minimum atomic E-state index is -4.75. The number of nitrogens with one attached hydrogen (secondary N) is 2. The minimum Gasteiger partial charge on any atom is -0.618 e. The van der Waals surface area contributed by atoms with Crippen molar-refractivity contribution in [2.75, 3.05) is 11.6 Å². The van der Waals surface area contributed by atoms with E-state index >= 15 is 0 Å². The molecule has 0 aliphatic heterocycles. The van der Waals surface area contributed by atoms with Gasteiger partial charge < -0.3 is 10.5 Å². The normalized spacial score (nSPS) is 21.5. The lowest BCUT2D eigenvalue weighted by atomic mass is 9.72. The summed E-state index contributed by atoms with van der Waals surface area (Å²) in [5.41, 5.74) is -1.27. The number of hydrogen-bond acceptors (Lipinski definition) is 5. The number of pyridine rings is 1. The molecular formula is C21H24F3N5O3S. The number of carbonyl (C=O) groups is 1. The fourth-order valence-electron chi connectivity index (χ4n) is 4.91. The standard InChI is InChI=1S/C21H24F3N5O3S/c1-33(25,32)15-8-14(4-7-29(15)31)26-19(30)18-16(21(22,23)24)17(13-2-3-13)27-28(18)11-12-9-20(10-12)5-6-20/h4,7-8,12-13,25H,2-3,5-6,9-11H2,1H3,(H,26,30). The molecule has 0 saturated heterocycles. The third-order valence-electron chi connectivity index (χ3n) is 6.82. The van der Waals surface area contributed by atoms with E-state index in [1.165, 1.54) is 10.7 Å². The van der Waals surface area contributed by atoms with Crippen LogP contribution in [0.4, 0.5) is 18.9 Å². The smallest absolute Gasteiger partial charge is 0.420 e. The summed E-state index contributed by atoms with van der Waals surface area (Å²) >= 11 is 0. The summed E-state index contributed by atoms with van der Waals surface area (Å²) in [6.07, 6.45) is 2.66. The maximum absolute atomic E-state index is 14.1. The lowest BCUT2D eigenvalue weighted by Crippen LogP contribution is -2.33. The Morgan fingerprint density at radius 3 is 2.61 bits per heavy atom. The number of carbonyl (C=O) groups excluding carboxylic acids is 1. The van der Waals surface area contributed by atoms with Gasteiger partial charge in [-0.1, -0.05) is 0 Å². The fourth-order valence-corrected chi connectivity index (χ4v) is 5.66. The molecule has 3 saturated carbocycles. The van der Waals surface area contributed by atoms with Gasteiger partial charge in [0.25, 0.3) is 10.9 Å². The molecule has 2 N–H and O–H groups in total. The van der Waals surface area contributed by atoms with E-state index in [4.69, 9.17) is 4.78 Å². The van der Waals surface area contributed by atoms with Gasteiger partial charge >= 0.3 is 6.18 Å². The molecule has 33 heavy (non-hydrogen) atoms. The molecule has 1 amide bonds. The SMILES string of the molecule is CS(=N)(=O)c1cc(NC(=O)c2c(C(F)(F)F)c(C3CC3)nn2CC2CC3(CC3)C2)cc[n+]1[O-]. The predicted molar refractivity (Wildman–Crippen MR) is 112 cm³/mol. The van der Waals surface area contributed by atoms with Gasteiger partial charge in [-0.05, 0) is 49.9 Å². The van der Waals surface area contributed by atoms with E-state index in [-0.39, 0.29) is 34.5 Å². The van der Waals surface area contributed by atoms with Crippen LogP contribution >= 0.6 is 0 Å². The third kappa shape index (κ3) is 4.20. The van der Waals surface area contributed by atoms with Crippen molar-refractivity contribution in [2.45, 2.75) is 62.2 Å². The van der Waals surface area contributed by atoms with Crippen molar-refractivity contribution in [1.29, 1.82) is 4.78 Å². The van der Waals surface area contributed by atoms with E-state index in [9.17, 15) is 27.4 Å². The van der Waals surface area contributed by atoms with E-state index in [0.29, 0.717) is 18.3 Å². The molecule has 3 fully saturated rings. The Bertz CT molecular complexity index is 1240. The zero-order valence-corrected chi connectivity index (χ0v) is 18.8. The zero-order chi connectivity index (χ0) is 23.8. The molecule has 0 radical (unpaired) electrons. The van der Waals surface area contributed by atoms with Crippen molar-refractivity contribution in [1.82, 2.24) is 9.78 Å². The molecule has 0 aromatic carbocycles. The molecule has 2 aromatic heterocycles. The first-order valence-corrected chi connectivity index (χ1v) is 12.8. The largest absolute Gasteiger partial charge is 0.618 e. The summed E-state index contributed by atoms with van der Waals surface area (Å²) in [5.74, 6) is -1.12. The molecule has 2 aromatic rings. The van der Waals surface area contributed by atoms with E-state index in [1.54, 1.807) is 0 Å². The Labute approximate surface area is 188 Å². The Hall–Kier alpha value is -2.63. The van der Waals surface area contributed by atoms with Crippen LogP contribution in [0.25, 0.3) is 0 Å². The van der Waals surface area contributed by atoms with Crippen molar-refractivity contribution in [2.24, 2.45) is 11.3 Å².